The SMILES string of the molecule is COc1cc(C=CC(=O)c2ccc3oc(=O)n(C)c3c2)cc(OC)c1OC. The summed E-state index contributed by atoms with van der Waals surface area (Å²) >= 11 is 0. The highest BCUT2D eigenvalue weighted by Gasteiger charge is 2.13. The van der Waals surface area contributed by atoms with Gasteiger partial charge in [0.2, 0.25) is 5.75 Å². The molecule has 0 spiro atoms. The highest BCUT2D eigenvalue weighted by Crippen LogP contribution is 2.38. The van der Waals surface area contributed by atoms with Crippen molar-refractivity contribution in [2.24, 2.45) is 7.05 Å². The van der Waals surface area contributed by atoms with Gasteiger partial charge >= 0.3 is 5.76 Å². The number of nitrogens with zero attached hydrogens (tertiary/aromatic N) is 1. The van der Waals surface area contributed by atoms with E-state index in [0.29, 0.717) is 33.9 Å². The molecule has 0 fully saturated rings. The summed E-state index contributed by atoms with van der Waals surface area (Å²) < 4.78 is 22.3. The number of allylic oxidation sites excluding steroid dienone is 1. The first-order valence-electron chi connectivity index (χ1n) is 8.10. The highest BCUT2D eigenvalue weighted by atomic mass is 16.5. The molecule has 3 aromatic rings. The first-order chi connectivity index (χ1) is 13.0. The number of carbonyl (C=O) groups is 1. The third-order valence-electron chi connectivity index (χ3n) is 4.19. The first kappa shape index (κ1) is 18.3. The Labute approximate surface area is 155 Å². The molecule has 0 aliphatic heterocycles. The number of fused-ring (bicyclic) bond motifs is 1. The largest absolute Gasteiger partial charge is 0.493 e. The number of aryl methyl sites for hydroxylation is 1. The summed E-state index contributed by atoms with van der Waals surface area (Å²) in [7, 11) is 6.17. The van der Waals surface area contributed by atoms with Gasteiger partial charge in [0.1, 0.15) is 0 Å². The smallest absolute Gasteiger partial charge is 0.419 e. The van der Waals surface area contributed by atoms with Crippen molar-refractivity contribution in [2.45, 2.75) is 0 Å². The van der Waals surface area contributed by atoms with Gasteiger partial charge in [-0.05, 0) is 42.0 Å². The molecular weight excluding hydrogens is 350 g/mol. The second-order valence-electron chi connectivity index (χ2n) is 5.77. The summed E-state index contributed by atoms with van der Waals surface area (Å²) in [5.74, 6) is 0.800. The number of ketones is 1. The topological polar surface area (TPSA) is 79.9 Å². The first-order valence-corrected chi connectivity index (χ1v) is 8.10. The van der Waals surface area contributed by atoms with E-state index in [9.17, 15) is 9.59 Å². The Hall–Kier alpha value is -3.48. The van der Waals surface area contributed by atoms with Gasteiger partial charge in [-0.3, -0.25) is 9.36 Å². The minimum Gasteiger partial charge on any atom is -0.493 e. The quantitative estimate of drug-likeness (QED) is 0.491. The monoisotopic (exact) mass is 369 g/mol. The van der Waals surface area contributed by atoms with Gasteiger partial charge in [0.05, 0.1) is 26.8 Å². The van der Waals surface area contributed by atoms with Crippen LogP contribution in [0.25, 0.3) is 17.2 Å². The lowest BCUT2D eigenvalue weighted by Crippen LogP contribution is -2.08. The summed E-state index contributed by atoms with van der Waals surface area (Å²) in [4.78, 5) is 24.1. The van der Waals surface area contributed by atoms with Crippen molar-refractivity contribution in [3.05, 3.63) is 58.1 Å². The van der Waals surface area contributed by atoms with Gasteiger partial charge in [-0.1, -0.05) is 6.08 Å². The minimum absolute atomic E-state index is 0.209. The zero-order valence-corrected chi connectivity index (χ0v) is 15.4. The molecule has 0 aliphatic carbocycles. The molecule has 0 unspecified atom stereocenters. The number of ether oxygens (including phenoxy) is 3. The lowest BCUT2D eigenvalue weighted by atomic mass is 10.1. The molecule has 7 heteroatoms. The standard InChI is InChI=1S/C20H19NO6/c1-21-14-11-13(6-8-16(14)27-20(21)23)15(22)7-5-12-9-17(24-2)19(26-4)18(10-12)25-3/h5-11H,1-4H3. The molecule has 7 nitrogen and oxygen atoms in total. The highest BCUT2D eigenvalue weighted by molar-refractivity contribution is 6.08. The van der Waals surface area contributed by atoms with Gasteiger partial charge in [-0.15, -0.1) is 0 Å². The van der Waals surface area contributed by atoms with Crippen molar-refractivity contribution < 1.29 is 23.4 Å². The molecular formula is C20H19NO6. The second-order valence-corrected chi connectivity index (χ2v) is 5.77. The zero-order valence-electron chi connectivity index (χ0n) is 15.4. The van der Waals surface area contributed by atoms with Crippen LogP contribution >= 0.6 is 0 Å². The summed E-state index contributed by atoms with van der Waals surface area (Å²) in [6, 6.07) is 8.34. The van der Waals surface area contributed by atoms with Crippen LogP contribution in [0.2, 0.25) is 0 Å². The van der Waals surface area contributed by atoms with Crippen molar-refractivity contribution >= 4 is 23.0 Å². The van der Waals surface area contributed by atoms with Gasteiger partial charge < -0.3 is 18.6 Å². The van der Waals surface area contributed by atoms with Gasteiger partial charge in [0, 0.05) is 12.6 Å². The van der Waals surface area contributed by atoms with E-state index >= 15 is 0 Å². The van der Waals surface area contributed by atoms with E-state index in [1.54, 1.807) is 43.5 Å². The second kappa shape index (κ2) is 7.41. The fourth-order valence-corrected chi connectivity index (χ4v) is 2.75. The van der Waals surface area contributed by atoms with E-state index in [4.69, 9.17) is 18.6 Å². The number of methoxy groups -OCH3 is 3. The van der Waals surface area contributed by atoms with Crippen LogP contribution < -0.4 is 20.0 Å². The summed E-state index contributed by atoms with van der Waals surface area (Å²) in [5, 5.41) is 0. The molecule has 0 aliphatic rings. The van der Waals surface area contributed by atoms with Crippen molar-refractivity contribution in [3.8, 4) is 17.2 Å². The molecule has 0 atom stereocenters. The van der Waals surface area contributed by atoms with Crippen LogP contribution in [0, 0.1) is 0 Å². The average Bonchev–Trinajstić information content (AvgIpc) is 2.98. The van der Waals surface area contributed by atoms with Gasteiger partial charge in [0.15, 0.2) is 22.9 Å². The fourth-order valence-electron chi connectivity index (χ4n) is 2.75. The van der Waals surface area contributed by atoms with Crippen LogP contribution in [0.15, 0.2) is 45.6 Å². The van der Waals surface area contributed by atoms with E-state index in [1.807, 2.05) is 0 Å². The number of hydrogen-bond acceptors (Lipinski definition) is 6. The Balaban J connectivity index is 1.93. The van der Waals surface area contributed by atoms with Gasteiger partial charge in [-0.2, -0.15) is 0 Å². The lowest BCUT2D eigenvalue weighted by molar-refractivity contribution is 0.104. The van der Waals surface area contributed by atoms with E-state index in [1.165, 1.54) is 32.0 Å². The van der Waals surface area contributed by atoms with Crippen molar-refractivity contribution in [1.82, 2.24) is 4.57 Å². The number of aromatic nitrogens is 1. The lowest BCUT2D eigenvalue weighted by Gasteiger charge is -2.12. The molecule has 0 bridgehead atoms. The molecule has 1 heterocycles. The van der Waals surface area contributed by atoms with Crippen LogP contribution in [0.4, 0.5) is 0 Å². The van der Waals surface area contributed by atoms with Crippen LogP contribution in [0.1, 0.15) is 15.9 Å². The van der Waals surface area contributed by atoms with E-state index in [-0.39, 0.29) is 5.78 Å². The van der Waals surface area contributed by atoms with Gasteiger partial charge in [0.25, 0.3) is 0 Å². The number of benzene rings is 2. The summed E-state index contributed by atoms with van der Waals surface area (Å²) in [5.41, 5.74) is 2.16. The normalized spacial score (nSPS) is 11.1. The molecule has 0 amide bonds. The Morgan fingerprint density at radius 3 is 2.30 bits per heavy atom. The van der Waals surface area contributed by atoms with E-state index in [2.05, 4.69) is 0 Å². The third-order valence-corrected chi connectivity index (χ3v) is 4.19. The van der Waals surface area contributed by atoms with Crippen LogP contribution in [0.3, 0.4) is 0 Å². The van der Waals surface area contributed by atoms with Crippen molar-refractivity contribution in [2.75, 3.05) is 21.3 Å². The Kier molecular flexibility index (Phi) is 5.03. The molecule has 2 aromatic carbocycles. The van der Waals surface area contributed by atoms with E-state index in [0.717, 1.165) is 5.56 Å². The average molecular weight is 369 g/mol. The van der Waals surface area contributed by atoms with Crippen LogP contribution in [-0.4, -0.2) is 31.7 Å². The Morgan fingerprint density at radius 1 is 1.04 bits per heavy atom. The van der Waals surface area contributed by atoms with Crippen LogP contribution in [0.5, 0.6) is 17.2 Å². The minimum atomic E-state index is -0.470. The van der Waals surface area contributed by atoms with Crippen molar-refractivity contribution in [1.29, 1.82) is 0 Å². The molecule has 1 aromatic heterocycles. The number of oxazole rings is 1. The predicted octanol–water partition coefficient (Wildman–Crippen LogP) is 3.05. The van der Waals surface area contributed by atoms with Crippen LogP contribution in [-0.2, 0) is 7.05 Å². The third kappa shape index (κ3) is 3.44. The Morgan fingerprint density at radius 2 is 1.70 bits per heavy atom. The molecule has 3 rings (SSSR count). The maximum atomic E-state index is 12.5. The predicted molar refractivity (Wildman–Crippen MR) is 101 cm³/mol. The maximum absolute atomic E-state index is 12.5. The molecule has 27 heavy (non-hydrogen) atoms. The molecule has 0 saturated carbocycles. The maximum Gasteiger partial charge on any atom is 0.419 e. The zero-order chi connectivity index (χ0) is 19.6. The summed E-state index contributed by atoms with van der Waals surface area (Å²) in [6.45, 7) is 0. The fraction of sp³-hybridized carbons (Fsp3) is 0.200. The molecule has 0 radical (unpaired) electrons. The van der Waals surface area contributed by atoms with Crippen molar-refractivity contribution in [3.63, 3.8) is 0 Å². The van der Waals surface area contributed by atoms with Gasteiger partial charge in [-0.25, -0.2) is 4.79 Å². The molecule has 140 valence electrons. The number of rotatable bonds is 6. The molecule has 0 saturated heterocycles. The molecule has 0 N–H and O–H groups in total. The summed E-state index contributed by atoms with van der Waals surface area (Å²) in [6.07, 6.45) is 3.10. The van der Waals surface area contributed by atoms with E-state index < -0.39 is 5.76 Å². The Bertz CT molecular complexity index is 1060. The number of hydrogen-bond donors (Lipinski definition) is 0. The number of carbonyl (C=O) groups excluding carboxylic acids is 1.